The number of anilines is 1. The van der Waals surface area contributed by atoms with Crippen molar-refractivity contribution < 1.29 is 35.9 Å². The monoisotopic (exact) mass is 505 g/mol. The van der Waals surface area contributed by atoms with Crippen LogP contribution in [-0.4, -0.2) is 58.2 Å². The van der Waals surface area contributed by atoms with Crippen LogP contribution in [-0.2, 0) is 17.1 Å². The Kier molecular flexibility index (Phi) is 6.64. The quantitative estimate of drug-likeness (QED) is 0.639. The van der Waals surface area contributed by atoms with Crippen molar-refractivity contribution in [2.24, 2.45) is 0 Å². The van der Waals surface area contributed by atoms with Gasteiger partial charge in [0.2, 0.25) is 5.95 Å². The number of H-pyrrole nitrogens is 1. The number of halogens is 6. The number of alkyl halides is 6. The summed E-state index contributed by atoms with van der Waals surface area (Å²) < 4.78 is 83.0. The average molecular weight is 505 g/mol. The van der Waals surface area contributed by atoms with Gasteiger partial charge in [-0.1, -0.05) is 0 Å². The van der Waals surface area contributed by atoms with E-state index in [9.17, 15) is 35.9 Å². The third-order valence-corrected chi connectivity index (χ3v) is 6.15. The largest absolute Gasteiger partial charge is 0.445 e. The molecule has 0 spiro atoms. The maximum atomic E-state index is 13.1. The fraction of sp³-hybridized carbons (Fsp3) is 0.524. The molecule has 8 nitrogen and oxygen atoms in total. The predicted molar refractivity (Wildman–Crippen MR) is 110 cm³/mol. The van der Waals surface area contributed by atoms with E-state index >= 15 is 0 Å². The van der Waals surface area contributed by atoms with Crippen LogP contribution < -0.4 is 10.5 Å². The topological polar surface area (TPSA) is 91.4 Å². The Bertz CT molecular complexity index is 1110. The fourth-order valence-corrected chi connectivity index (χ4v) is 4.30. The van der Waals surface area contributed by atoms with E-state index in [0.717, 1.165) is 6.07 Å². The number of aromatic nitrogens is 3. The summed E-state index contributed by atoms with van der Waals surface area (Å²) in [5.74, 6) is -0.376. The summed E-state index contributed by atoms with van der Waals surface area (Å²) in [5, 5.41) is 0. The van der Waals surface area contributed by atoms with Crippen molar-refractivity contribution in [3.05, 3.63) is 51.7 Å². The molecule has 1 saturated carbocycles. The molecule has 0 aromatic carbocycles. The number of hydrogen-bond donors (Lipinski definition) is 1. The molecule has 1 saturated heterocycles. The zero-order valence-corrected chi connectivity index (χ0v) is 18.2. The summed E-state index contributed by atoms with van der Waals surface area (Å²) in [6.45, 7) is 0.946. The van der Waals surface area contributed by atoms with Gasteiger partial charge in [-0.3, -0.25) is 4.79 Å². The molecule has 2 atom stereocenters. The molecular formula is C21H21F6N5O3. The molecule has 4 rings (SSSR count). The molecule has 3 heterocycles. The van der Waals surface area contributed by atoms with Crippen LogP contribution in [0.3, 0.4) is 0 Å². The molecule has 2 aliphatic rings. The number of pyridine rings is 1. The zero-order chi connectivity index (χ0) is 25.4. The minimum Gasteiger partial charge on any atom is -0.445 e. The number of piperazine rings is 1. The summed E-state index contributed by atoms with van der Waals surface area (Å²) in [6, 6.07) is 0.804. The zero-order valence-electron chi connectivity index (χ0n) is 18.2. The Morgan fingerprint density at radius 2 is 1.66 bits per heavy atom. The molecule has 190 valence electrons. The predicted octanol–water partition coefficient (Wildman–Crippen LogP) is 3.80. The Hall–Kier alpha value is -3.32. The smallest absolute Gasteiger partial charge is 0.421 e. The van der Waals surface area contributed by atoms with Crippen LogP contribution in [0.1, 0.15) is 41.9 Å². The lowest BCUT2D eigenvalue weighted by Gasteiger charge is -2.35. The van der Waals surface area contributed by atoms with Gasteiger partial charge < -0.3 is 19.5 Å². The van der Waals surface area contributed by atoms with Gasteiger partial charge in [0.1, 0.15) is 11.7 Å². The van der Waals surface area contributed by atoms with Gasteiger partial charge in [-0.25, -0.2) is 14.8 Å². The normalized spacial score (nSPS) is 21.3. The van der Waals surface area contributed by atoms with Gasteiger partial charge in [0.05, 0.1) is 5.56 Å². The number of amides is 1. The number of hydrogen-bond acceptors (Lipinski definition) is 6. The van der Waals surface area contributed by atoms with Crippen LogP contribution in [0.25, 0.3) is 0 Å². The highest BCUT2D eigenvalue weighted by Crippen LogP contribution is 2.38. The highest BCUT2D eigenvalue weighted by molar-refractivity contribution is 5.68. The van der Waals surface area contributed by atoms with Gasteiger partial charge >= 0.3 is 18.4 Å². The standard InChI is InChI=1S/C21H21F6N5O3/c22-20(23,24)13-10-29-18(30-11-13)31-4-6-32(7-5-31)19(34)35-16-3-1-2-14(16)12-8-15(21(25,26)27)17(33)28-9-12/h8-11,14,16H,1-7H2,(H,28,33)/t14-,16+/m1/s1. The van der Waals surface area contributed by atoms with Crippen LogP contribution >= 0.6 is 0 Å². The Balaban J connectivity index is 1.36. The van der Waals surface area contributed by atoms with Gasteiger partial charge in [0, 0.05) is 50.7 Å². The van der Waals surface area contributed by atoms with Gasteiger partial charge in [-0.15, -0.1) is 0 Å². The number of carbonyl (C=O) groups excluding carboxylic acids is 1. The molecule has 0 radical (unpaired) electrons. The van der Waals surface area contributed by atoms with E-state index < -0.39 is 47.2 Å². The number of rotatable bonds is 3. The summed E-state index contributed by atoms with van der Waals surface area (Å²) >= 11 is 0. The number of nitrogens with zero attached hydrogens (tertiary/aromatic N) is 4. The first kappa shape index (κ1) is 24.8. The molecule has 0 unspecified atom stereocenters. The lowest BCUT2D eigenvalue weighted by atomic mass is 9.96. The van der Waals surface area contributed by atoms with Gasteiger partial charge in [-0.05, 0) is 30.9 Å². The van der Waals surface area contributed by atoms with Crippen LogP contribution in [0.2, 0.25) is 0 Å². The molecule has 2 fully saturated rings. The molecule has 1 amide bonds. The van der Waals surface area contributed by atoms with E-state index in [2.05, 4.69) is 15.0 Å². The lowest BCUT2D eigenvalue weighted by Crippen LogP contribution is -2.50. The maximum absolute atomic E-state index is 13.1. The second kappa shape index (κ2) is 9.38. The van der Waals surface area contributed by atoms with E-state index in [0.29, 0.717) is 31.7 Å². The molecule has 0 bridgehead atoms. The van der Waals surface area contributed by atoms with Crippen molar-refractivity contribution in [3.63, 3.8) is 0 Å². The summed E-state index contributed by atoms with van der Waals surface area (Å²) in [7, 11) is 0. The van der Waals surface area contributed by atoms with Crippen LogP contribution in [0.4, 0.5) is 37.1 Å². The third-order valence-electron chi connectivity index (χ3n) is 6.15. The van der Waals surface area contributed by atoms with Crippen LogP contribution in [0, 0.1) is 0 Å². The van der Waals surface area contributed by atoms with E-state index in [-0.39, 0.29) is 37.7 Å². The average Bonchev–Trinajstić information content (AvgIpc) is 3.26. The molecule has 35 heavy (non-hydrogen) atoms. The number of ether oxygens (including phenoxy) is 1. The maximum Gasteiger partial charge on any atom is 0.421 e. The van der Waals surface area contributed by atoms with Crippen molar-refractivity contribution in [2.75, 3.05) is 31.1 Å². The van der Waals surface area contributed by atoms with Gasteiger partial charge in [-0.2, -0.15) is 26.3 Å². The van der Waals surface area contributed by atoms with Crippen molar-refractivity contribution >= 4 is 12.0 Å². The fourth-order valence-electron chi connectivity index (χ4n) is 4.30. The lowest BCUT2D eigenvalue weighted by molar-refractivity contribution is -0.139. The summed E-state index contributed by atoms with van der Waals surface area (Å²) in [5.41, 5.74) is -3.24. The SMILES string of the molecule is O=C(O[C@H]1CCC[C@@H]1c1c[nH]c(=O)c(C(F)(F)F)c1)N1CCN(c2ncc(C(F)(F)F)cn2)CC1. The second-order valence-corrected chi connectivity index (χ2v) is 8.38. The Labute approximate surface area is 194 Å². The molecule has 1 aliphatic carbocycles. The van der Waals surface area contributed by atoms with Gasteiger partial charge in [0.25, 0.3) is 5.56 Å². The van der Waals surface area contributed by atoms with Crippen molar-refractivity contribution in [3.8, 4) is 0 Å². The minimum absolute atomic E-state index is 0.111. The first-order valence-corrected chi connectivity index (χ1v) is 10.8. The van der Waals surface area contributed by atoms with E-state index in [1.54, 1.807) is 4.90 Å². The van der Waals surface area contributed by atoms with Crippen LogP contribution in [0.5, 0.6) is 0 Å². The van der Waals surface area contributed by atoms with E-state index in [4.69, 9.17) is 4.74 Å². The van der Waals surface area contributed by atoms with E-state index in [1.807, 2.05) is 0 Å². The molecular weight excluding hydrogens is 484 g/mol. The first-order valence-electron chi connectivity index (χ1n) is 10.8. The Morgan fingerprint density at radius 3 is 2.26 bits per heavy atom. The highest BCUT2D eigenvalue weighted by Gasteiger charge is 2.38. The number of nitrogens with one attached hydrogen (secondary N) is 1. The van der Waals surface area contributed by atoms with Gasteiger partial charge in [0.15, 0.2) is 0 Å². The summed E-state index contributed by atoms with van der Waals surface area (Å²) in [4.78, 5) is 36.9. The molecule has 1 aliphatic heterocycles. The first-order chi connectivity index (χ1) is 16.4. The Morgan fingerprint density at radius 1 is 1.00 bits per heavy atom. The van der Waals surface area contributed by atoms with Crippen LogP contribution in [0.15, 0.2) is 29.5 Å². The number of carbonyl (C=O) groups is 1. The van der Waals surface area contributed by atoms with E-state index in [1.165, 1.54) is 11.1 Å². The minimum atomic E-state index is -4.80. The van der Waals surface area contributed by atoms with Crippen molar-refractivity contribution in [1.29, 1.82) is 0 Å². The van der Waals surface area contributed by atoms with Crippen molar-refractivity contribution in [2.45, 2.75) is 43.6 Å². The van der Waals surface area contributed by atoms with Crippen molar-refractivity contribution in [1.82, 2.24) is 19.9 Å². The highest BCUT2D eigenvalue weighted by atomic mass is 19.4. The number of aromatic amines is 1. The molecule has 14 heteroatoms. The summed E-state index contributed by atoms with van der Waals surface area (Å²) in [6.07, 6.45) is -6.39. The third kappa shape index (κ3) is 5.51. The molecule has 1 N–H and O–H groups in total. The molecule has 2 aromatic heterocycles. The second-order valence-electron chi connectivity index (χ2n) is 8.38. The molecule has 2 aromatic rings.